The molecule has 7 heteroatoms. The molecule has 0 saturated heterocycles. The monoisotopic (exact) mass is 235 g/mol. The summed E-state index contributed by atoms with van der Waals surface area (Å²) in [5, 5.41) is 9.03. The van der Waals surface area contributed by atoms with Gasteiger partial charge in [-0.2, -0.15) is 4.98 Å². The van der Waals surface area contributed by atoms with Crippen molar-refractivity contribution in [2.24, 2.45) is 0 Å². The van der Waals surface area contributed by atoms with Crippen molar-refractivity contribution >= 4 is 12.0 Å². The average molecular weight is 235 g/mol. The number of carbonyl (C=O) groups is 1. The molecule has 0 spiro atoms. The van der Waals surface area contributed by atoms with E-state index in [1.807, 2.05) is 0 Å². The van der Waals surface area contributed by atoms with Gasteiger partial charge >= 0.3 is 6.03 Å². The highest BCUT2D eigenvalue weighted by molar-refractivity contribution is 5.87. The van der Waals surface area contributed by atoms with Crippen LogP contribution in [-0.2, 0) is 6.54 Å². The van der Waals surface area contributed by atoms with E-state index < -0.39 is 0 Å². The Kier molecular flexibility index (Phi) is 3.08. The molecule has 0 radical (unpaired) electrons. The van der Waals surface area contributed by atoms with Crippen molar-refractivity contribution in [3.63, 3.8) is 0 Å². The smallest absolute Gasteiger partial charge is 0.324 e. The van der Waals surface area contributed by atoms with E-state index in [2.05, 4.69) is 20.5 Å². The fraction of sp³-hybridized carbons (Fsp3) is 0.300. The fourth-order valence-corrected chi connectivity index (χ4v) is 1.30. The molecule has 0 aromatic carbocycles. The van der Waals surface area contributed by atoms with Crippen LogP contribution < -0.4 is 5.32 Å². The first-order valence-corrected chi connectivity index (χ1v) is 5.08. The molecule has 7 nitrogen and oxygen atoms in total. The average Bonchev–Trinajstić information content (AvgIpc) is 2.90. The van der Waals surface area contributed by atoms with Crippen LogP contribution in [0.2, 0.25) is 0 Å². The summed E-state index contributed by atoms with van der Waals surface area (Å²) < 4.78 is 5.15. The van der Waals surface area contributed by atoms with Crippen molar-refractivity contribution in [2.75, 3.05) is 12.4 Å². The predicted molar refractivity (Wildman–Crippen MR) is 60.3 cm³/mol. The molecule has 0 fully saturated rings. The Morgan fingerprint density at radius 3 is 3.06 bits per heavy atom. The molecule has 0 aliphatic heterocycles. The lowest BCUT2D eigenvalue weighted by atomic mass is 10.4. The van der Waals surface area contributed by atoms with Gasteiger partial charge in [-0.15, -0.1) is 5.10 Å². The molecule has 0 aliphatic carbocycles. The first-order chi connectivity index (χ1) is 8.15. The molecule has 0 bridgehead atoms. The van der Waals surface area contributed by atoms with Crippen LogP contribution in [0.25, 0.3) is 0 Å². The third-order valence-electron chi connectivity index (χ3n) is 2.14. The Morgan fingerprint density at radius 2 is 2.47 bits per heavy atom. The molecule has 2 amide bonds. The summed E-state index contributed by atoms with van der Waals surface area (Å²) in [4.78, 5) is 17.2. The van der Waals surface area contributed by atoms with E-state index in [-0.39, 0.29) is 12.0 Å². The van der Waals surface area contributed by atoms with Crippen LogP contribution in [0.5, 0.6) is 0 Å². The summed E-state index contributed by atoms with van der Waals surface area (Å²) >= 11 is 0. The number of hydrogen-bond acceptors (Lipinski definition) is 4. The highest BCUT2D eigenvalue weighted by Crippen LogP contribution is 2.05. The number of nitrogens with zero attached hydrogens (tertiary/aromatic N) is 3. The number of H-pyrrole nitrogens is 1. The molecule has 2 aromatic heterocycles. The van der Waals surface area contributed by atoms with E-state index in [4.69, 9.17) is 4.42 Å². The van der Waals surface area contributed by atoms with Gasteiger partial charge in [0.2, 0.25) is 5.95 Å². The number of furan rings is 1. The molecular weight excluding hydrogens is 222 g/mol. The minimum Gasteiger partial charge on any atom is -0.467 e. The molecule has 2 aromatic rings. The predicted octanol–water partition coefficient (Wildman–Crippen LogP) is 1.37. The number of aryl methyl sites for hydroxylation is 1. The second-order valence-electron chi connectivity index (χ2n) is 3.61. The molecular formula is C10H13N5O2. The lowest BCUT2D eigenvalue weighted by Gasteiger charge is -2.14. The van der Waals surface area contributed by atoms with E-state index >= 15 is 0 Å². The summed E-state index contributed by atoms with van der Waals surface area (Å²) in [6.45, 7) is 2.15. The van der Waals surface area contributed by atoms with Gasteiger partial charge in [-0.25, -0.2) is 4.79 Å². The zero-order valence-electron chi connectivity index (χ0n) is 9.60. The normalized spacial score (nSPS) is 10.2. The van der Waals surface area contributed by atoms with Crippen LogP contribution in [0, 0.1) is 6.92 Å². The maximum atomic E-state index is 11.7. The molecule has 0 saturated carbocycles. The second kappa shape index (κ2) is 4.69. The van der Waals surface area contributed by atoms with E-state index in [0.717, 1.165) is 0 Å². The summed E-state index contributed by atoms with van der Waals surface area (Å²) in [5.74, 6) is 1.63. The van der Waals surface area contributed by atoms with Gasteiger partial charge in [0.05, 0.1) is 12.8 Å². The molecule has 2 N–H and O–H groups in total. The number of nitrogens with one attached hydrogen (secondary N) is 2. The Labute approximate surface area is 97.8 Å². The summed E-state index contributed by atoms with van der Waals surface area (Å²) in [5.41, 5.74) is 0. The lowest BCUT2D eigenvalue weighted by molar-refractivity contribution is 0.216. The Bertz CT molecular complexity index is 491. The number of anilines is 1. The molecule has 90 valence electrons. The van der Waals surface area contributed by atoms with Gasteiger partial charge < -0.3 is 9.32 Å². The molecule has 17 heavy (non-hydrogen) atoms. The van der Waals surface area contributed by atoms with E-state index in [1.54, 1.807) is 32.4 Å². The summed E-state index contributed by atoms with van der Waals surface area (Å²) in [6, 6.07) is 3.29. The minimum atomic E-state index is -0.291. The maximum absolute atomic E-state index is 11.7. The third kappa shape index (κ3) is 2.83. The Hall–Kier alpha value is -2.31. The highest BCUT2D eigenvalue weighted by Gasteiger charge is 2.12. The summed E-state index contributed by atoms with van der Waals surface area (Å²) in [6.07, 6.45) is 1.57. The van der Waals surface area contributed by atoms with Crippen LogP contribution in [0.4, 0.5) is 10.7 Å². The molecule has 0 atom stereocenters. The molecule has 0 unspecified atom stereocenters. The van der Waals surface area contributed by atoms with Crippen LogP contribution in [0.1, 0.15) is 11.6 Å². The zero-order chi connectivity index (χ0) is 12.3. The maximum Gasteiger partial charge on any atom is 0.324 e. The van der Waals surface area contributed by atoms with Crippen molar-refractivity contribution in [3.05, 3.63) is 30.0 Å². The largest absolute Gasteiger partial charge is 0.467 e. The second-order valence-corrected chi connectivity index (χ2v) is 3.61. The standard InChI is InChI=1S/C10H13N5O2/c1-7-11-9(14-13-7)12-10(16)15(2)6-8-4-3-5-17-8/h3-5H,6H2,1-2H3,(H2,11,12,13,14,16). The third-order valence-corrected chi connectivity index (χ3v) is 2.14. The topological polar surface area (TPSA) is 87.1 Å². The van der Waals surface area contributed by atoms with Crippen molar-refractivity contribution < 1.29 is 9.21 Å². The molecule has 2 heterocycles. The Morgan fingerprint density at radius 1 is 1.65 bits per heavy atom. The van der Waals surface area contributed by atoms with Crippen LogP contribution >= 0.6 is 0 Å². The number of amides is 2. The van der Waals surface area contributed by atoms with Crippen molar-refractivity contribution in [2.45, 2.75) is 13.5 Å². The van der Waals surface area contributed by atoms with Crippen LogP contribution in [-0.4, -0.2) is 33.2 Å². The number of aromatic nitrogens is 3. The number of aromatic amines is 1. The van der Waals surface area contributed by atoms with Crippen LogP contribution in [0.3, 0.4) is 0 Å². The number of carbonyl (C=O) groups excluding carboxylic acids is 1. The SMILES string of the molecule is Cc1nc(NC(=O)N(C)Cc2ccco2)n[nH]1. The summed E-state index contributed by atoms with van der Waals surface area (Å²) in [7, 11) is 1.66. The molecule has 0 aliphatic rings. The van der Waals surface area contributed by atoms with Gasteiger partial charge in [0.25, 0.3) is 0 Å². The van der Waals surface area contributed by atoms with E-state index in [1.165, 1.54) is 4.90 Å². The van der Waals surface area contributed by atoms with Gasteiger partial charge in [0, 0.05) is 7.05 Å². The zero-order valence-corrected chi connectivity index (χ0v) is 9.60. The van der Waals surface area contributed by atoms with Crippen molar-refractivity contribution in [1.29, 1.82) is 0 Å². The number of rotatable bonds is 3. The number of hydrogen-bond donors (Lipinski definition) is 2. The van der Waals surface area contributed by atoms with Gasteiger partial charge in [-0.05, 0) is 19.1 Å². The van der Waals surface area contributed by atoms with Gasteiger partial charge in [-0.1, -0.05) is 0 Å². The highest BCUT2D eigenvalue weighted by atomic mass is 16.3. The van der Waals surface area contributed by atoms with Crippen molar-refractivity contribution in [3.8, 4) is 0 Å². The fourth-order valence-electron chi connectivity index (χ4n) is 1.30. The number of urea groups is 1. The first-order valence-electron chi connectivity index (χ1n) is 5.08. The quantitative estimate of drug-likeness (QED) is 0.841. The Balaban J connectivity index is 1.91. The van der Waals surface area contributed by atoms with E-state index in [9.17, 15) is 4.79 Å². The molecule has 2 rings (SSSR count). The minimum absolute atomic E-state index is 0.263. The van der Waals surface area contributed by atoms with E-state index in [0.29, 0.717) is 18.1 Å². The van der Waals surface area contributed by atoms with Crippen LogP contribution in [0.15, 0.2) is 22.8 Å². The van der Waals surface area contributed by atoms with Gasteiger partial charge in [-0.3, -0.25) is 10.4 Å². The van der Waals surface area contributed by atoms with Crippen molar-refractivity contribution in [1.82, 2.24) is 20.1 Å². The first kappa shape index (κ1) is 11.2. The van der Waals surface area contributed by atoms with Gasteiger partial charge in [0.15, 0.2) is 0 Å². The van der Waals surface area contributed by atoms with Gasteiger partial charge in [0.1, 0.15) is 11.6 Å². The lowest BCUT2D eigenvalue weighted by Crippen LogP contribution is -2.31.